The van der Waals surface area contributed by atoms with Gasteiger partial charge in [-0.2, -0.15) is 31.4 Å². The van der Waals surface area contributed by atoms with E-state index in [0.717, 1.165) is 0 Å². The molecule has 2 amide bonds. The minimum absolute atomic E-state index is 0.0399. The summed E-state index contributed by atoms with van der Waals surface area (Å²) in [5.41, 5.74) is -1.28. The Morgan fingerprint density at radius 3 is 1.93 bits per heavy atom. The highest BCUT2D eigenvalue weighted by Gasteiger charge is 2.37. The van der Waals surface area contributed by atoms with E-state index < -0.39 is 35.2 Å². The molecule has 0 unspecified atom stereocenters. The smallest absolute Gasteiger partial charge is 0.306 e. The Kier molecular flexibility index (Phi) is 5.99. The molecule has 11 heteroatoms. The third-order valence-electron chi connectivity index (χ3n) is 3.10. The van der Waals surface area contributed by atoms with Crippen LogP contribution in [-0.2, 0) is 12.4 Å². The lowest BCUT2D eigenvalue weighted by Gasteiger charge is -2.14. The van der Waals surface area contributed by atoms with Crippen molar-refractivity contribution in [1.82, 2.24) is 5.43 Å². The molecule has 0 radical (unpaired) electrons. The molecular weight excluding hydrogens is 400 g/mol. The summed E-state index contributed by atoms with van der Waals surface area (Å²) in [7, 11) is 0. The van der Waals surface area contributed by atoms with Crippen LogP contribution in [0.3, 0.4) is 0 Å². The second kappa shape index (κ2) is 7.87. The molecule has 0 heterocycles. The Morgan fingerprint density at radius 1 is 0.926 bits per heavy atom. The van der Waals surface area contributed by atoms with Crippen LogP contribution in [-0.4, -0.2) is 12.2 Å². The molecular formula is C16H10ClF6N3O. The van der Waals surface area contributed by atoms with Crippen molar-refractivity contribution in [1.29, 1.82) is 0 Å². The normalized spacial score (nSPS) is 12.3. The Hall–Kier alpha value is -2.75. The number of halogens is 7. The van der Waals surface area contributed by atoms with Crippen LogP contribution in [0.5, 0.6) is 0 Å². The molecule has 0 spiro atoms. The quantitative estimate of drug-likeness (QED) is 0.391. The fraction of sp³-hybridized carbons (Fsp3) is 0.125. The minimum atomic E-state index is -5.01. The predicted octanol–water partition coefficient (Wildman–Crippen LogP) is 5.53. The van der Waals surface area contributed by atoms with E-state index in [-0.39, 0.29) is 6.07 Å². The van der Waals surface area contributed by atoms with Gasteiger partial charge in [-0.1, -0.05) is 23.7 Å². The van der Waals surface area contributed by atoms with Gasteiger partial charge >= 0.3 is 18.4 Å². The minimum Gasteiger partial charge on any atom is -0.306 e. The van der Waals surface area contributed by atoms with Gasteiger partial charge in [0.1, 0.15) is 0 Å². The van der Waals surface area contributed by atoms with Crippen molar-refractivity contribution in [3.8, 4) is 0 Å². The molecule has 0 aromatic heterocycles. The zero-order valence-electron chi connectivity index (χ0n) is 13.1. The molecule has 0 saturated carbocycles. The summed E-state index contributed by atoms with van der Waals surface area (Å²) in [5, 5.41) is 5.89. The lowest BCUT2D eigenvalue weighted by Crippen LogP contribution is -2.25. The number of nitrogens with zero attached hydrogens (tertiary/aromatic N) is 1. The number of urea groups is 1. The number of rotatable bonds is 3. The van der Waals surface area contributed by atoms with Crippen LogP contribution in [0, 0.1) is 0 Å². The summed E-state index contributed by atoms with van der Waals surface area (Å²) < 4.78 is 76.6. The Balaban J connectivity index is 2.13. The molecule has 0 aliphatic carbocycles. The topological polar surface area (TPSA) is 53.5 Å². The summed E-state index contributed by atoms with van der Waals surface area (Å²) >= 11 is 5.69. The molecule has 0 atom stereocenters. The van der Waals surface area contributed by atoms with Crippen LogP contribution in [0.15, 0.2) is 47.6 Å². The number of carbonyl (C=O) groups excluding carboxylic acids is 1. The van der Waals surface area contributed by atoms with Crippen LogP contribution >= 0.6 is 11.6 Å². The second-order valence-electron chi connectivity index (χ2n) is 5.17. The molecule has 0 aliphatic rings. The van der Waals surface area contributed by atoms with Gasteiger partial charge in [0.15, 0.2) is 0 Å². The van der Waals surface area contributed by atoms with Crippen molar-refractivity contribution in [3.05, 3.63) is 64.2 Å². The summed E-state index contributed by atoms with van der Waals surface area (Å²) in [6.07, 6.45) is -8.81. The standard InChI is InChI=1S/C16H10ClF6N3O/c17-12-3-1-9(2-4-12)8-24-26-14(27)25-13-6-10(15(18,19)20)5-11(7-13)16(21,22)23/h1-8H,(H2,25,26,27)/b24-8-. The summed E-state index contributed by atoms with van der Waals surface area (Å²) in [6.45, 7) is 0. The monoisotopic (exact) mass is 409 g/mol. The molecule has 4 nitrogen and oxygen atoms in total. The highest BCUT2D eigenvalue weighted by molar-refractivity contribution is 6.30. The van der Waals surface area contributed by atoms with Crippen molar-refractivity contribution in [2.45, 2.75) is 12.4 Å². The van der Waals surface area contributed by atoms with Gasteiger partial charge in [0.25, 0.3) is 0 Å². The van der Waals surface area contributed by atoms with Crippen molar-refractivity contribution < 1.29 is 31.1 Å². The Labute approximate surface area is 153 Å². The van der Waals surface area contributed by atoms with Crippen LogP contribution in [0.4, 0.5) is 36.8 Å². The zero-order valence-corrected chi connectivity index (χ0v) is 13.9. The van der Waals surface area contributed by atoms with E-state index in [2.05, 4.69) is 5.10 Å². The van der Waals surface area contributed by atoms with Crippen molar-refractivity contribution >= 4 is 29.5 Å². The van der Waals surface area contributed by atoms with E-state index >= 15 is 0 Å². The van der Waals surface area contributed by atoms with Gasteiger partial charge in [0.05, 0.1) is 17.3 Å². The molecule has 2 aromatic carbocycles. The zero-order chi connectivity index (χ0) is 20.2. The summed E-state index contributed by atoms with van der Waals surface area (Å²) in [4.78, 5) is 11.7. The maximum Gasteiger partial charge on any atom is 0.416 e. The molecule has 2 N–H and O–H groups in total. The fourth-order valence-electron chi connectivity index (χ4n) is 1.90. The molecule has 0 saturated heterocycles. The summed E-state index contributed by atoms with van der Waals surface area (Å²) in [6, 6.07) is 5.89. The van der Waals surface area contributed by atoms with Crippen molar-refractivity contribution in [2.75, 3.05) is 5.32 Å². The SMILES string of the molecule is O=C(N/N=C\c1ccc(Cl)cc1)Nc1cc(C(F)(F)F)cc(C(F)(F)F)c1. The van der Waals surface area contributed by atoms with E-state index in [4.69, 9.17) is 11.6 Å². The number of benzene rings is 2. The maximum absolute atomic E-state index is 12.8. The first-order valence-electron chi connectivity index (χ1n) is 7.10. The molecule has 0 fully saturated rings. The number of alkyl halides is 6. The largest absolute Gasteiger partial charge is 0.416 e. The van der Waals surface area contributed by atoms with Crippen LogP contribution in [0.1, 0.15) is 16.7 Å². The third kappa shape index (κ3) is 6.17. The maximum atomic E-state index is 12.8. The van der Waals surface area contributed by atoms with E-state index in [9.17, 15) is 31.1 Å². The third-order valence-corrected chi connectivity index (χ3v) is 3.35. The van der Waals surface area contributed by atoms with Gasteiger partial charge in [-0.3, -0.25) is 0 Å². The summed E-state index contributed by atoms with van der Waals surface area (Å²) in [5.74, 6) is 0. The van der Waals surface area contributed by atoms with E-state index in [1.54, 1.807) is 24.3 Å². The molecule has 27 heavy (non-hydrogen) atoms. The van der Waals surface area contributed by atoms with Gasteiger partial charge in [0.2, 0.25) is 0 Å². The average molecular weight is 410 g/mol. The number of anilines is 1. The fourth-order valence-corrected chi connectivity index (χ4v) is 2.03. The van der Waals surface area contributed by atoms with Crippen LogP contribution in [0.2, 0.25) is 5.02 Å². The van der Waals surface area contributed by atoms with E-state index in [1.807, 2.05) is 10.7 Å². The van der Waals surface area contributed by atoms with Crippen molar-refractivity contribution in [2.24, 2.45) is 5.10 Å². The van der Waals surface area contributed by atoms with Gasteiger partial charge in [-0.15, -0.1) is 0 Å². The second-order valence-corrected chi connectivity index (χ2v) is 5.61. The number of hydrogen-bond donors (Lipinski definition) is 2. The number of hydrogen-bond acceptors (Lipinski definition) is 2. The van der Waals surface area contributed by atoms with E-state index in [0.29, 0.717) is 22.7 Å². The highest BCUT2D eigenvalue weighted by Crippen LogP contribution is 2.37. The first kappa shape index (κ1) is 20.6. The first-order chi connectivity index (χ1) is 12.4. The Bertz CT molecular complexity index is 814. The highest BCUT2D eigenvalue weighted by atomic mass is 35.5. The Morgan fingerprint density at radius 2 is 1.44 bits per heavy atom. The number of hydrazone groups is 1. The predicted molar refractivity (Wildman–Crippen MR) is 87.6 cm³/mol. The lowest BCUT2D eigenvalue weighted by molar-refractivity contribution is -0.143. The molecule has 144 valence electrons. The van der Waals surface area contributed by atoms with Gasteiger partial charge in [-0.05, 0) is 35.9 Å². The number of nitrogens with one attached hydrogen (secondary N) is 2. The van der Waals surface area contributed by atoms with Crippen LogP contribution in [0.25, 0.3) is 0 Å². The van der Waals surface area contributed by atoms with Gasteiger partial charge in [-0.25, -0.2) is 10.2 Å². The lowest BCUT2D eigenvalue weighted by atomic mass is 10.1. The number of carbonyl (C=O) groups is 1. The molecule has 0 bridgehead atoms. The average Bonchev–Trinajstić information content (AvgIpc) is 2.55. The molecule has 2 aromatic rings. The molecule has 0 aliphatic heterocycles. The van der Waals surface area contributed by atoms with Crippen molar-refractivity contribution in [3.63, 3.8) is 0 Å². The molecule has 2 rings (SSSR count). The van der Waals surface area contributed by atoms with E-state index in [1.165, 1.54) is 6.21 Å². The first-order valence-corrected chi connectivity index (χ1v) is 7.48. The van der Waals surface area contributed by atoms with Gasteiger partial charge < -0.3 is 5.32 Å². The van der Waals surface area contributed by atoms with Crippen LogP contribution < -0.4 is 10.7 Å². The van der Waals surface area contributed by atoms with Gasteiger partial charge in [0, 0.05) is 10.7 Å². The number of amides is 2.